The smallest absolute Gasteiger partial charge is 0.266 e. The van der Waals surface area contributed by atoms with Crippen LogP contribution in [-0.2, 0) is 5.54 Å². The van der Waals surface area contributed by atoms with E-state index >= 15 is 0 Å². The second-order valence-corrected chi connectivity index (χ2v) is 5.77. The van der Waals surface area contributed by atoms with Gasteiger partial charge in [0.15, 0.2) is 5.78 Å². The van der Waals surface area contributed by atoms with Crippen LogP contribution in [0.15, 0.2) is 15.3 Å². The first kappa shape index (κ1) is 10.5. The van der Waals surface area contributed by atoms with Crippen LogP contribution in [0.5, 0.6) is 0 Å². The molecule has 1 saturated carbocycles. The van der Waals surface area contributed by atoms with Crippen LogP contribution in [0, 0.1) is 0 Å². The van der Waals surface area contributed by atoms with Crippen molar-refractivity contribution in [3.63, 3.8) is 0 Å². The number of carbonyl (C=O) groups is 1. The summed E-state index contributed by atoms with van der Waals surface area (Å²) in [5, 5.41) is 0.375. The Balaban J connectivity index is 2.38. The Morgan fingerprint density at radius 1 is 1.38 bits per heavy atom. The molecule has 0 atom stereocenters. The molecule has 16 heavy (non-hydrogen) atoms. The number of hydrogen-bond donors (Lipinski definition) is 0. The van der Waals surface area contributed by atoms with Crippen LogP contribution in [-0.4, -0.2) is 10.4 Å². The minimum atomic E-state index is -0.267. The predicted octanol–water partition coefficient (Wildman–Crippen LogP) is 2.73. The lowest BCUT2D eigenvalue weighted by Crippen LogP contribution is -2.44. The number of carbonyl (C=O) groups excluding carboxylic acids is 1. The maximum Gasteiger partial charge on any atom is 0.266 e. The molecule has 1 spiro atoms. The molecule has 0 saturated heterocycles. The Labute approximate surface area is 106 Å². The molecule has 2 aliphatic rings. The molecule has 1 aliphatic carbocycles. The molecule has 1 aromatic rings. The van der Waals surface area contributed by atoms with E-state index in [1.54, 1.807) is 4.57 Å². The maximum absolute atomic E-state index is 12.1. The first-order valence-electron chi connectivity index (χ1n) is 5.20. The lowest BCUT2D eigenvalue weighted by atomic mass is 9.75. The van der Waals surface area contributed by atoms with Crippen molar-refractivity contribution in [3.05, 3.63) is 31.6 Å². The fraction of sp³-hybridized carbons (Fsp3) is 0.455. The zero-order valence-corrected chi connectivity index (χ0v) is 10.8. The summed E-state index contributed by atoms with van der Waals surface area (Å²) in [6, 6.07) is 1.52. The van der Waals surface area contributed by atoms with Crippen LogP contribution in [0.3, 0.4) is 0 Å². The first-order chi connectivity index (χ1) is 7.55. The quantitative estimate of drug-likeness (QED) is 0.739. The van der Waals surface area contributed by atoms with E-state index in [9.17, 15) is 9.59 Å². The van der Waals surface area contributed by atoms with Gasteiger partial charge in [-0.1, -0.05) is 11.6 Å². The van der Waals surface area contributed by atoms with Crippen LogP contribution in [0.1, 0.15) is 36.2 Å². The molecule has 1 aliphatic heterocycles. The lowest BCUT2D eigenvalue weighted by molar-refractivity contribution is 0.0911. The molecule has 2 heterocycles. The number of rotatable bonds is 0. The molecule has 0 radical (unpaired) electrons. The summed E-state index contributed by atoms with van der Waals surface area (Å²) in [5.74, 6) is -0.00528. The fourth-order valence-corrected chi connectivity index (χ4v) is 3.55. The van der Waals surface area contributed by atoms with Crippen molar-refractivity contribution in [3.8, 4) is 0 Å². The number of fused-ring (bicyclic) bond motifs is 2. The Morgan fingerprint density at radius 2 is 2.06 bits per heavy atom. The molecule has 0 aromatic carbocycles. The normalized spacial score (nSPS) is 21.0. The van der Waals surface area contributed by atoms with Gasteiger partial charge in [0.2, 0.25) is 0 Å². The van der Waals surface area contributed by atoms with Gasteiger partial charge in [-0.2, -0.15) is 0 Å². The molecule has 3 nitrogen and oxygen atoms in total. The van der Waals surface area contributed by atoms with Crippen molar-refractivity contribution < 1.29 is 4.79 Å². The standard InChI is InChI=1S/C11H9BrClNO2/c12-6-4-7(13)9-8(15)5-11(2-1-3-11)14(9)10(6)16/h4H,1-3,5H2. The summed E-state index contributed by atoms with van der Waals surface area (Å²) >= 11 is 9.23. The maximum atomic E-state index is 12.1. The van der Waals surface area contributed by atoms with E-state index in [4.69, 9.17) is 11.6 Å². The first-order valence-corrected chi connectivity index (χ1v) is 6.37. The van der Waals surface area contributed by atoms with E-state index in [0.29, 0.717) is 21.6 Å². The molecule has 0 unspecified atom stereocenters. The highest BCUT2D eigenvalue weighted by Crippen LogP contribution is 2.47. The van der Waals surface area contributed by atoms with Gasteiger partial charge >= 0.3 is 0 Å². The van der Waals surface area contributed by atoms with Gasteiger partial charge in [0.25, 0.3) is 5.56 Å². The van der Waals surface area contributed by atoms with Crippen molar-refractivity contribution >= 4 is 33.3 Å². The molecule has 0 bridgehead atoms. The van der Waals surface area contributed by atoms with Crippen molar-refractivity contribution in [2.75, 3.05) is 0 Å². The van der Waals surface area contributed by atoms with E-state index in [1.807, 2.05) is 0 Å². The topological polar surface area (TPSA) is 39.1 Å². The molecule has 0 N–H and O–H groups in total. The summed E-state index contributed by atoms with van der Waals surface area (Å²) in [6.07, 6.45) is 3.30. The number of hydrogen-bond acceptors (Lipinski definition) is 2. The van der Waals surface area contributed by atoms with Crippen LogP contribution in [0.4, 0.5) is 0 Å². The Hall–Kier alpha value is -0.610. The minimum absolute atomic E-state index is 0.00528. The highest BCUT2D eigenvalue weighted by Gasteiger charge is 2.49. The lowest BCUT2D eigenvalue weighted by Gasteiger charge is -2.39. The van der Waals surface area contributed by atoms with Gasteiger partial charge in [0.1, 0.15) is 5.69 Å². The van der Waals surface area contributed by atoms with Gasteiger partial charge < -0.3 is 0 Å². The van der Waals surface area contributed by atoms with Gasteiger partial charge in [-0.25, -0.2) is 0 Å². The van der Waals surface area contributed by atoms with E-state index < -0.39 is 0 Å². The average Bonchev–Trinajstić information content (AvgIpc) is 2.48. The van der Waals surface area contributed by atoms with E-state index in [-0.39, 0.29) is 16.9 Å². The molecule has 5 heteroatoms. The van der Waals surface area contributed by atoms with Crippen molar-refractivity contribution in [2.24, 2.45) is 0 Å². The van der Waals surface area contributed by atoms with Gasteiger partial charge in [-0.3, -0.25) is 14.2 Å². The SMILES string of the molecule is O=C1CC2(CCC2)n2c1c(Cl)cc(Br)c2=O. The summed E-state index contributed by atoms with van der Waals surface area (Å²) < 4.78 is 2.05. The van der Waals surface area contributed by atoms with E-state index in [2.05, 4.69) is 15.9 Å². The summed E-state index contributed by atoms with van der Waals surface area (Å²) in [5.41, 5.74) is -0.00350. The Morgan fingerprint density at radius 3 is 2.62 bits per heavy atom. The third-order valence-corrected chi connectivity index (χ3v) is 4.48. The largest absolute Gasteiger partial charge is 0.297 e. The molecule has 0 amide bonds. The third-order valence-electron chi connectivity index (χ3n) is 3.62. The number of ketones is 1. The number of nitrogens with zero attached hydrogens (tertiary/aromatic N) is 1. The Kier molecular flexibility index (Phi) is 2.11. The van der Waals surface area contributed by atoms with E-state index in [1.165, 1.54) is 6.07 Å². The summed E-state index contributed by atoms with van der Waals surface area (Å²) in [7, 11) is 0. The monoisotopic (exact) mass is 301 g/mol. The van der Waals surface area contributed by atoms with Crippen molar-refractivity contribution in [2.45, 2.75) is 31.2 Å². The van der Waals surface area contributed by atoms with Crippen molar-refractivity contribution in [1.82, 2.24) is 4.57 Å². The predicted molar refractivity (Wildman–Crippen MR) is 64.2 cm³/mol. The summed E-state index contributed by atoms with van der Waals surface area (Å²) in [4.78, 5) is 24.0. The number of halogens is 2. The zero-order valence-electron chi connectivity index (χ0n) is 8.43. The number of pyridine rings is 1. The average molecular weight is 303 g/mol. The molecular formula is C11H9BrClNO2. The number of Topliss-reactive ketones (excluding diaryl/α,β-unsaturated/α-hetero) is 1. The molecule has 3 rings (SSSR count). The number of aromatic nitrogens is 1. The highest BCUT2D eigenvalue weighted by molar-refractivity contribution is 9.10. The highest BCUT2D eigenvalue weighted by atomic mass is 79.9. The van der Waals surface area contributed by atoms with Crippen LogP contribution in [0.2, 0.25) is 5.02 Å². The summed E-state index contributed by atoms with van der Waals surface area (Å²) in [6.45, 7) is 0. The van der Waals surface area contributed by atoms with Gasteiger partial charge in [0.05, 0.1) is 15.0 Å². The van der Waals surface area contributed by atoms with Gasteiger partial charge in [-0.15, -0.1) is 0 Å². The second-order valence-electron chi connectivity index (χ2n) is 4.51. The van der Waals surface area contributed by atoms with Gasteiger partial charge in [0, 0.05) is 6.42 Å². The molecule has 84 valence electrons. The van der Waals surface area contributed by atoms with Crippen LogP contribution in [0.25, 0.3) is 0 Å². The zero-order chi connectivity index (χ0) is 11.5. The van der Waals surface area contributed by atoms with Crippen LogP contribution < -0.4 is 5.56 Å². The van der Waals surface area contributed by atoms with Crippen molar-refractivity contribution in [1.29, 1.82) is 0 Å². The van der Waals surface area contributed by atoms with E-state index in [0.717, 1.165) is 19.3 Å². The minimum Gasteiger partial charge on any atom is -0.297 e. The second kappa shape index (κ2) is 3.20. The molecular weight excluding hydrogens is 293 g/mol. The third kappa shape index (κ3) is 1.14. The fourth-order valence-electron chi connectivity index (χ4n) is 2.71. The Bertz CT molecular complexity index is 560. The molecule has 1 aromatic heterocycles. The van der Waals surface area contributed by atoms with Gasteiger partial charge in [-0.05, 0) is 41.3 Å². The van der Waals surface area contributed by atoms with Crippen LogP contribution >= 0.6 is 27.5 Å². The molecule has 1 fully saturated rings.